The van der Waals surface area contributed by atoms with Crippen molar-refractivity contribution in [3.05, 3.63) is 58.2 Å². The largest absolute Gasteiger partial charge is 0.0842 e. The van der Waals surface area contributed by atoms with Gasteiger partial charge in [-0.15, -0.1) is 0 Å². The second kappa shape index (κ2) is 42.6. The fourth-order valence-corrected chi connectivity index (χ4v) is 12.1. The molecule has 3 rings (SSSR count). The summed E-state index contributed by atoms with van der Waals surface area (Å²) in [6, 6.07) is 5.11. The molecule has 0 aromatic heterocycles. The van der Waals surface area contributed by atoms with Crippen LogP contribution in [0.15, 0.2) is 35.9 Å². The molecule has 2 aliphatic rings. The Morgan fingerprint density at radius 1 is 0.333 bits per heavy atom. The number of aryl methyl sites for hydroxylation is 2. The molecule has 0 fully saturated rings. The van der Waals surface area contributed by atoms with Gasteiger partial charge in [0.25, 0.3) is 0 Å². The SMILES string of the molecule is CCCCCCC1C=CC2CC(CCCCC)C(CCCCC)C=C2C1CCCCCC.CCCCCCCCc1c(CCCCCC)ccc(CCCCCCC)c1CCCCCCC. The number of hydrogen-bond acceptors (Lipinski definition) is 0. The molecular formula is C66H120. The quantitative estimate of drug-likeness (QED) is 0.0453. The van der Waals surface area contributed by atoms with E-state index in [-0.39, 0.29) is 0 Å². The third-order valence-electron chi connectivity index (χ3n) is 16.4. The molecule has 0 saturated heterocycles. The Bertz CT molecular complexity index is 1280. The standard InChI is InChI=1S/C34H62.C32H58/c1-5-9-13-17-20-24-28-34-31(25-21-16-12-8-4)29-30-32(26-22-18-14-10-6-2)33(34)27-23-19-15-11-7-3;1-5-9-13-17-19-27-23-24-30-25-28(20-15-11-7-3)29(21-16-12-8-4)26-32(30)31(27)22-18-14-10-6-2/h29-30H,5-28H2,1-4H3;23-24,26-31H,5-22,25H2,1-4H3. The smallest absolute Gasteiger partial charge is 0.00172 e. The fraction of sp³-hybridized carbons (Fsp3) is 0.848. The molecule has 0 saturated carbocycles. The number of benzene rings is 1. The van der Waals surface area contributed by atoms with Crippen LogP contribution in [0.5, 0.6) is 0 Å². The first-order valence-corrected chi connectivity index (χ1v) is 31.0. The molecule has 0 heteroatoms. The van der Waals surface area contributed by atoms with Crippen molar-refractivity contribution in [1.29, 1.82) is 0 Å². The maximum absolute atomic E-state index is 2.88. The van der Waals surface area contributed by atoms with Crippen molar-refractivity contribution >= 4 is 0 Å². The molecule has 0 radical (unpaired) electrons. The van der Waals surface area contributed by atoms with E-state index in [9.17, 15) is 0 Å². The summed E-state index contributed by atoms with van der Waals surface area (Å²) < 4.78 is 0. The Labute approximate surface area is 417 Å². The summed E-state index contributed by atoms with van der Waals surface area (Å²) in [7, 11) is 0. The Morgan fingerprint density at radius 2 is 0.682 bits per heavy atom. The summed E-state index contributed by atoms with van der Waals surface area (Å²) in [4.78, 5) is 0. The summed E-state index contributed by atoms with van der Waals surface area (Å²) in [6.45, 7) is 18.7. The highest BCUT2D eigenvalue weighted by molar-refractivity contribution is 5.42. The Balaban J connectivity index is 0.000000454. The zero-order valence-corrected chi connectivity index (χ0v) is 46.7. The van der Waals surface area contributed by atoms with Crippen molar-refractivity contribution in [2.24, 2.45) is 29.6 Å². The van der Waals surface area contributed by atoms with Crippen LogP contribution in [0.1, 0.15) is 328 Å². The molecule has 5 atom stereocenters. The molecule has 5 unspecified atom stereocenters. The lowest BCUT2D eigenvalue weighted by molar-refractivity contribution is 0.241. The van der Waals surface area contributed by atoms with E-state index in [0.29, 0.717) is 0 Å². The van der Waals surface area contributed by atoms with E-state index in [2.05, 4.69) is 85.8 Å². The number of hydrogen-bond donors (Lipinski definition) is 0. The van der Waals surface area contributed by atoms with Gasteiger partial charge in [-0.1, -0.05) is 284 Å². The third kappa shape index (κ3) is 26.6. The average molecular weight is 914 g/mol. The summed E-state index contributed by atoms with van der Waals surface area (Å²) in [5, 5.41) is 0. The van der Waals surface area contributed by atoms with Gasteiger partial charge < -0.3 is 0 Å². The third-order valence-corrected chi connectivity index (χ3v) is 16.4. The Hall–Kier alpha value is -1.30. The normalized spacial score (nSPS) is 19.2. The predicted octanol–water partition coefficient (Wildman–Crippen LogP) is 22.8. The molecule has 0 spiro atoms. The highest BCUT2D eigenvalue weighted by Gasteiger charge is 2.37. The van der Waals surface area contributed by atoms with Crippen LogP contribution in [0.2, 0.25) is 0 Å². The molecule has 1 aromatic carbocycles. The van der Waals surface area contributed by atoms with E-state index in [1.165, 1.54) is 276 Å². The van der Waals surface area contributed by atoms with Crippen LogP contribution in [0.4, 0.5) is 0 Å². The van der Waals surface area contributed by atoms with E-state index >= 15 is 0 Å². The van der Waals surface area contributed by atoms with Gasteiger partial charge in [-0.3, -0.25) is 0 Å². The topological polar surface area (TPSA) is 0 Å². The zero-order valence-electron chi connectivity index (χ0n) is 46.7. The molecule has 0 heterocycles. The van der Waals surface area contributed by atoms with Gasteiger partial charge in [-0.2, -0.15) is 0 Å². The summed E-state index contributed by atoms with van der Waals surface area (Å²) in [5.41, 5.74) is 8.92. The van der Waals surface area contributed by atoms with Crippen LogP contribution in [0.3, 0.4) is 0 Å². The molecule has 0 nitrogen and oxygen atoms in total. The first kappa shape index (κ1) is 60.8. The minimum absolute atomic E-state index is 0.770. The predicted molar refractivity (Wildman–Crippen MR) is 301 cm³/mol. The van der Waals surface area contributed by atoms with Gasteiger partial charge >= 0.3 is 0 Å². The maximum Gasteiger partial charge on any atom is -0.00172 e. The van der Waals surface area contributed by atoms with Crippen LogP contribution in [0.25, 0.3) is 0 Å². The molecule has 0 N–H and O–H groups in total. The second-order valence-corrected chi connectivity index (χ2v) is 22.3. The van der Waals surface area contributed by atoms with Crippen LogP contribution in [-0.2, 0) is 25.7 Å². The summed E-state index contributed by atoms with van der Waals surface area (Å²) >= 11 is 0. The number of rotatable bonds is 42. The van der Waals surface area contributed by atoms with Gasteiger partial charge in [0.1, 0.15) is 0 Å². The van der Waals surface area contributed by atoms with Gasteiger partial charge in [-0.25, -0.2) is 0 Å². The number of unbranched alkanes of at least 4 members (excludes halogenated alkanes) is 26. The van der Waals surface area contributed by atoms with Gasteiger partial charge in [0.2, 0.25) is 0 Å². The highest BCUT2D eigenvalue weighted by Crippen LogP contribution is 2.48. The molecule has 0 bridgehead atoms. The lowest BCUT2D eigenvalue weighted by Gasteiger charge is -2.42. The van der Waals surface area contributed by atoms with Crippen molar-refractivity contribution < 1.29 is 0 Å². The van der Waals surface area contributed by atoms with E-state index in [1.54, 1.807) is 22.3 Å². The molecule has 1 aromatic rings. The highest BCUT2D eigenvalue weighted by atomic mass is 14.4. The van der Waals surface area contributed by atoms with Gasteiger partial charge in [0.05, 0.1) is 0 Å². The minimum atomic E-state index is 0.770. The number of fused-ring (bicyclic) bond motifs is 1. The fourth-order valence-electron chi connectivity index (χ4n) is 12.1. The van der Waals surface area contributed by atoms with Crippen LogP contribution >= 0.6 is 0 Å². The van der Waals surface area contributed by atoms with Gasteiger partial charge in [0, 0.05) is 0 Å². The molecule has 384 valence electrons. The van der Waals surface area contributed by atoms with Gasteiger partial charge in [-0.05, 0) is 135 Å². The zero-order chi connectivity index (χ0) is 47.7. The first-order valence-electron chi connectivity index (χ1n) is 31.0. The molecule has 66 heavy (non-hydrogen) atoms. The maximum atomic E-state index is 2.88. The van der Waals surface area contributed by atoms with Crippen LogP contribution in [0, 0.1) is 29.6 Å². The van der Waals surface area contributed by atoms with Crippen molar-refractivity contribution in [1.82, 2.24) is 0 Å². The van der Waals surface area contributed by atoms with E-state index < -0.39 is 0 Å². The van der Waals surface area contributed by atoms with Crippen molar-refractivity contribution in [2.45, 2.75) is 331 Å². The Kier molecular flexibility index (Phi) is 39.2. The van der Waals surface area contributed by atoms with Crippen molar-refractivity contribution in [2.75, 3.05) is 0 Å². The van der Waals surface area contributed by atoms with Crippen molar-refractivity contribution in [3.63, 3.8) is 0 Å². The lowest BCUT2D eigenvalue weighted by atomic mass is 9.63. The molecular weight excluding hydrogens is 793 g/mol. The van der Waals surface area contributed by atoms with Crippen molar-refractivity contribution in [3.8, 4) is 0 Å². The summed E-state index contributed by atoms with van der Waals surface area (Å²) in [5.74, 6) is 4.26. The second-order valence-electron chi connectivity index (χ2n) is 22.3. The average Bonchev–Trinajstić information content (AvgIpc) is 3.33. The molecule has 0 amide bonds. The first-order chi connectivity index (χ1) is 32.5. The van der Waals surface area contributed by atoms with E-state index in [0.717, 1.165) is 29.6 Å². The molecule has 0 aliphatic heterocycles. The van der Waals surface area contributed by atoms with E-state index in [4.69, 9.17) is 0 Å². The minimum Gasteiger partial charge on any atom is -0.0842 e. The van der Waals surface area contributed by atoms with Crippen LogP contribution in [-0.4, -0.2) is 0 Å². The van der Waals surface area contributed by atoms with Crippen LogP contribution < -0.4 is 0 Å². The monoisotopic (exact) mass is 913 g/mol. The van der Waals surface area contributed by atoms with E-state index in [1.807, 2.05) is 5.57 Å². The van der Waals surface area contributed by atoms with Gasteiger partial charge in [0.15, 0.2) is 0 Å². The molecule has 2 aliphatic carbocycles. The lowest BCUT2D eigenvalue weighted by Crippen LogP contribution is -2.31. The summed E-state index contributed by atoms with van der Waals surface area (Å²) in [6.07, 6.45) is 68.5. The Morgan fingerprint density at radius 3 is 1.17 bits per heavy atom. The number of allylic oxidation sites excluding steroid dienone is 4.